The monoisotopic (exact) mass is 283 g/mol. The van der Waals surface area contributed by atoms with E-state index in [4.69, 9.17) is 11.6 Å². The predicted octanol–water partition coefficient (Wildman–Crippen LogP) is 2.63. The van der Waals surface area contributed by atoms with Gasteiger partial charge in [0.05, 0.1) is 0 Å². The summed E-state index contributed by atoms with van der Waals surface area (Å²) in [7, 11) is 0. The van der Waals surface area contributed by atoms with Gasteiger partial charge in [-0.25, -0.2) is 0 Å². The highest BCUT2D eigenvalue weighted by atomic mass is 35.5. The van der Waals surface area contributed by atoms with Crippen LogP contribution in [-0.4, -0.2) is 28.0 Å². The number of alkyl halides is 1. The largest absolute Gasteiger partial charge is 0.504 e. The van der Waals surface area contributed by atoms with Gasteiger partial charge in [0.1, 0.15) is 0 Å². The zero-order valence-electron chi connectivity index (χ0n) is 10.6. The SMILES string of the molecule is O=C(NC1CCCCC1CCl)c1ccc(O)c(O)c1. The highest BCUT2D eigenvalue weighted by molar-refractivity contribution is 6.18. The topological polar surface area (TPSA) is 69.6 Å². The second-order valence-electron chi connectivity index (χ2n) is 4.98. The van der Waals surface area contributed by atoms with E-state index < -0.39 is 0 Å². The molecule has 2 unspecified atom stereocenters. The first-order chi connectivity index (χ1) is 9.11. The number of nitrogens with one attached hydrogen (secondary N) is 1. The van der Waals surface area contributed by atoms with Gasteiger partial charge in [-0.05, 0) is 37.0 Å². The molecule has 4 nitrogen and oxygen atoms in total. The summed E-state index contributed by atoms with van der Waals surface area (Å²) in [5, 5.41) is 21.6. The maximum Gasteiger partial charge on any atom is 0.251 e. The summed E-state index contributed by atoms with van der Waals surface area (Å²) in [6.07, 6.45) is 4.23. The average molecular weight is 284 g/mol. The van der Waals surface area contributed by atoms with E-state index in [1.54, 1.807) is 0 Å². The van der Waals surface area contributed by atoms with Gasteiger partial charge in [0, 0.05) is 17.5 Å². The molecule has 1 saturated carbocycles. The van der Waals surface area contributed by atoms with Crippen LogP contribution in [0.15, 0.2) is 18.2 Å². The summed E-state index contributed by atoms with van der Waals surface area (Å²) < 4.78 is 0. The number of carbonyl (C=O) groups excluding carboxylic acids is 1. The van der Waals surface area contributed by atoms with Crippen molar-refractivity contribution in [1.82, 2.24) is 5.32 Å². The number of halogens is 1. The quantitative estimate of drug-likeness (QED) is 0.590. The first-order valence-electron chi connectivity index (χ1n) is 6.50. The van der Waals surface area contributed by atoms with Gasteiger partial charge in [-0.3, -0.25) is 4.79 Å². The molecule has 0 spiro atoms. The Labute approximate surface area is 117 Å². The fraction of sp³-hybridized carbons (Fsp3) is 0.500. The molecular formula is C14H18ClNO3. The number of phenols is 2. The molecule has 0 aliphatic heterocycles. The highest BCUT2D eigenvalue weighted by Gasteiger charge is 2.26. The molecule has 1 aromatic carbocycles. The number of hydrogen-bond acceptors (Lipinski definition) is 3. The van der Waals surface area contributed by atoms with E-state index in [0.717, 1.165) is 25.7 Å². The van der Waals surface area contributed by atoms with Crippen molar-refractivity contribution >= 4 is 17.5 Å². The van der Waals surface area contributed by atoms with Gasteiger partial charge < -0.3 is 15.5 Å². The first-order valence-corrected chi connectivity index (χ1v) is 7.04. The van der Waals surface area contributed by atoms with Crippen LogP contribution in [0.25, 0.3) is 0 Å². The number of aromatic hydroxyl groups is 2. The third-order valence-corrected chi connectivity index (χ3v) is 4.06. The normalized spacial score (nSPS) is 23.0. The van der Waals surface area contributed by atoms with Crippen molar-refractivity contribution in [3.05, 3.63) is 23.8 Å². The molecule has 0 saturated heterocycles. The fourth-order valence-corrected chi connectivity index (χ4v) is 2.87. The Morgan fingerprint density at radius 3 is 2.68 bits per heavy atom. The summed E-state index contributed by atoms with van der Waals surface area (Å²) in [5.41, 5.74) is 0.342. The van der Waals surface area contributed by atoms with Crippen LogP contribution < -0.4 is 5.32 Å². The zero-order chi connectivity index (χ0) is 13.8. The Balaban J connectivity index is 2.05. The van der Waals surface area contributed by atoms with Gasteiger partial charge in [0.2, 0.25) is 0 Å². The van der Waals surface area contributed by atoms with Crippen molar-refractivity contribution in [2.75, 3.05) is 5.88 Å². The molecule has 5 heteroatoms. The summed E-state index contributed by atoms with van der Waals surface area (Å²) in [6, 6.07) is 4.16. The molecule has 0 radical (unpaired) electrons. The molecule has 2 atom stereocenters. The minimum Gasteiger partial charge on any atom is -0.504 e. The summed E-state index contributed by atoms with van der Waals surface area (Å²) >= 11 is 5.93. The van der Waals surface area contributed by atoms with Gasteiger partial charge in [-0.15, -0.1) is 11.6 Å². The van der Waals surface area contributed by atoms with E-state index in [2.05, 4.69) is 5.32 Å². The summed E-state index contributed by atoms with van der Waals surface area (Å²) in [5.74, 6) is 0.103. The van der Waals surface area contributed by atoms with Crippen molar-refractivity contribution in [1.29, 1.82) is 0 Å². The van der Waals surface area contributed by atoms with Crippen LogP contribution in [0.5, 0.6) is 11.5 Å². The van der Waals surface area contributed by atoms with Crippen molar-refractivity contribution in [3.63, 3.8) is 0 Å². The lowest BCUT2D eigenvalue weighted by molar-refractivity contribution is 0.0910. The number of phenolic OH excluding ortho intramolecular Hbond substituents is 2. The summed E-state index contributed by atoms with van der Waals surface area (Å²) in [6.45, 7) is 0. The van der Waals surface area contributed by atoms with E-state index in [0.29, 0.717) is 17.4 Å². The molecule has 1 aromatic rings. The minimum absolute atomic E-state index is 0.0923. The minimum atomic E-state index is -0.287. The number of amides is 1. The number of carbonyl (C=O) groups is 1. The zero-order valence-corrected chi connectivity index (χ0v) is 11.4. The molecule has 0 heterocycles. The molecule has 0 aromatic heterocycles. The Bertz CT molecular complexity index is 464. The molecule has 3 N–H and O–H groups in total. The molecule has 1 aliphatic carbocycles. The lowest BCUT2D eigenvalue weighted by atomic mass is 9.85. The smallest absolute Gasteiger partial charge is 0.251 e. The molecule has 1 aliphatic rings. The summed E-state index contributed by atoms with van der Waals surface area (Å²) in [4.78, 5) is 12.1. The third-order valence-electron chi connectivity index (χ3n) is 3.66. The van der Waals surface area contributed by atoms with Crippen LogP contribution in [0.4, 0.5) is 0 Å². The predicted molar refractivity (Wildman–Crippen MR) is 73.7 cm³/mol. The van der Waals surface area contributed by atoms with Gasteiger partial charge >= 0.3 is 0 Å². The lowest BCUT2D eigenvalue weighted by Gasteiger charge is -2.30. The highest BCUT2D eigenvalue weighted by Crippen LogP contribution is 2.27. The Morgan fingerprint density at radius 2 is 2.00 bits per heavy atom. The average Bonchev–Trinajstić information content (AvgIpc) is 2.42. The Kier molecular flexibility index (Phi) is 4.53. The standard InChI is InChI=1S/C14H18ClNO3/c15-8-10-3-1-2-4-11(10)16-14(19)9-5-6-12(17)13(18)7-9/h5-7,10-11,17-18H,1-4,8H2,(H,16,19). The molecule has 1 fully saturated rings. The maximum absolute atomic E-state index is 12.1. The number of rotatable bonds is 3. The van der Waals surface area contributed by atoms with Crippen molar-refractivity contribution in [3.8, 4) is 11.5 Å². The lowest BCUT2D eigenvalue weighted by Crippen LogP contribution is -2.42. The van der Waals surface area contributed by atoms with E-state index in [1.807, 2.05) is 0 Å². The first kappa shape index (κ1) is 14.0. The van der Waals surface area contributed by atoms with E-state index in [9.17, 15) is 15.0 Å². The second kappa shape index (κ2) is 6.15. The number of hydrogen-bond donors (Lipinski definition) is 3. The molecule has 1 amide bonds. The van der Waals surface area contributed by atoms with Crippen LogP contribution in [-0.2, 0) is 0 Å². The van der Waals surface area contributed by atoms with E-state index in [-0.39, 0.29) is 23.4 Å². The van der Waals surface area contributed by atoms with Crippen LogP contribution in [0.2, 0.25) is 0 Å². The fourth-order valence-electron chi connectivity index (χ4n) is 2.50. The molecule has 0 bridgehead atoms. The Hall–Kier alpha value is -1.42. The molecule has 19 heavy (non-hydrogen) atoms. The third kappa shape index (κ3) is 3.32. The van der Waals surface area contributed by atoms with Crippen LogP contribution >= 0.6 is 11.6 Å². The van der Waals surface area contributed by atoms with Crippen LogP contribution in [0.1, 0.15) is 36.0 Å². The second-order valence-corrected chi connectivity index (χ2v) is 5.29. The van der Waals surface area contributed by atoms with Gasteiger partial charge in [-0.1, -0.05) is 12.8 Å². The van der Waals surface area contributed by atoms with Gasteiger partial charge in [-0.2, -0.15) is 0 Å². The van der Waals surface area contributed by atoms with Gasteiger partial charge in [0.25, 0.3) is 5.91 Å². The molecular weight excluding hydrogens is 266 g/mol. The van der Waals surface area contributed by atoms with Crippen LogP contribution in [0, 0.1) is 5.92 Å². The van der Waals surface area contributed by atoms with E-state index in [1.165, 1.54) is 18.2 Å². The van der Waals surface area contributed by atoms with Crippen LogP contribution in [0.3, 0.4) is 0 Å². The Morgan fingerprint density at radius 1 is 1.26 bits per heavy atom. The molecule has 104 valence electrons. The molecule has 2 rings (SSSR count). The maximum atomic E-state index is 12.1. The van der Waals surface area contributed by atoms with Crippen molar-refractivity contribution in [2.24, 2.45) is 5.92 Å². The van der Waals surface area contributed by atoms with Crippen molar-refractivity contribution < 1.29 is 15.0 Å². The number of benzene rings is 1. The van der Waals surface area contributed by atoms with Crippen molar-refractivity contribution in [2.45, 2.75) is 31.7 Å². The van der Waals surface area contributed by atoms with E-state index >= 15 is 0 Å². The van der Waals surface area contributed by atoms with Gasteiger partial charge in [0.15, 0.2) is 11.5 Å².